The van der Waals surface area contributed by atoms with Gasteiger partial charge in [0.1, 0.15) is 0 Å². The van der Waals surface area contributed by atoms with Crippen molar-refractivity contribution in [3.05, 3.63) is 0 Å². The molecule has 0 amide bonds. The van der Waals surface area contributed by atoms with Crippen LogP contribution in [0.3, 0.4) is 0 Å². The van der Waals surface area contributed by atoms with E-state index in [0.717, 1.165) is 25.1 Å². The van der Waals surface area contributed by atoms with Crippen LogP contribution in [0.5, 0.6) is 0 Å². The van der Waals surface area contributed by atoms with Crippen molar-refractivity contribution in [2.24, 2.45) is 16.7 Å². The second-order valence-corrected chi connectivity index (χ2v) is 8.67. The number of rotatable bonds is 6. The fourth-order valence-electron chi connectivity index (χ4n) is 3.49. The summed E-state index contributed by atoms with van der Waals surface area (Å²) in [6, 6.07) is 0.799. The second kappa shape index (κ2) is 5.73. The van der Waals surface area contributed by atoms with Gasteiger partial charge in [-0.2, -0.15) is 0 Å². The molecular weight excluding hydrogens is 234 g/mol. The first kappa shape index (κ1) is 15.3. The van der Waals surface area contributed by atoms with Crippen LogP contribution in [0, 0.1) is 16.7 Å². The average molecular weight is 267 g/mol. The van der Waals surface area contributed by atoms with Crippen molar-refractivity contribution in [2.45, 2.75) is 78.9 Å². The zero-order valence-corrected chi connectivity index (χ0v) is 13.6. The molecule has 0 spiro atoms. The van der Waals surface area contributed by atoms with E-state index in [-0.39, 0.29) is 5.41 Å². The predicted octanol–water partition coefficient (Wildman–Crippen LogP) is 4.00. The van der Waals surface area contributed by atoms with Crippen LogP contribution in [0.15, 0.2) is 0 Å². The highest BCUT2D eigenvalue weighted by atomic mass is 16.5. The standard InChI is InChI=1S/C17H33NO/c1-13-8-15(10-16(2,3)9-13)19-12-17(4,5)11-18-14-6-7-14/h13-15,18H,6-12H2,1-5H3. The molecule has 2 heteroatoms. The van der Waals surface area contributed by atoms with Crippen LogP contribution in [0.4, 0.5) is 0 Å². The van der Waals surface area contributed by atoms with Crippen LogP contribution in [0.1, 0.15) is 66.7 Å². The molecule has 0 aliphatic heterocycles. The Morgan fingerprint density at radius 2 is 1.89 bits per heavy atom. The quantitative estimate of drug-likeness (QED) is 0.785. The molecule has 2 unspecified atom stereocenters. The van der Waals surface area contributed by atoms with Crippen molar-refractivity contribution in [2.75, 3.05) is 13.2 Å². The maximum Gasteiger partial charge on any atom is 0.0583 e. The third kappa shape index (κ3) is 5.43. The zero-order valence-electron chi connectivity index (χ0n) is 13.6. The first-order chi connectivity index (χ1) is 8.76. The number of hydrogen-bond acceptors (Lipinski definition) is 2. The minimum absolute atomic E-state index is 0.257. The molecule has 0 radical (unpaired) electrons. The normalized spacial score (nSPS) is 31.4. The minimum Gasteiger partial charge on any atom is -0.378 e. The van der Waals surface area contributed by atoms with Gasteiger partial charge in [-0.3, -0.25) is 0 Å². The van der Waals surface area contributed by atoms with Gasteiger partial charge in [-0.25, -0.2) is 0 Å². The fraction of sp³-hybridized carbons (Fsp3) is 1.00. The summed E-state index contributed by atoms with van der Waals surface area (Å²) in [7, 11) is 0. The van der Waals surface area contributed by atoms with E-state index in [1.807, 2.05) is 0 Å². The van der Waals surface area contributed by atoms with Gasteiger partial charge < -0.3 is 10.1 Å². The van der Waals surface area contributed by atoms with Crippen molar-refractivity contribution < 1.29 is 4.74 Å². The van der Waals surface area contributed by atoms with Crippen LogP contribution in [-0.2, 0) is 4.74 Å². The second-order valence-electron chi connectivity index (χ2n) is 8.67. The van der Waals surface area contributed by atoms with E-state index in [1.165, 1.54) is 32.1 Å². The predicted molar refractivity (Wildman–Crippen MR) is 81.3 cm³/mol. The molecular formula is C17H33NO. The summed E-state index contributed by atoms with van der Waals surface area (Å²) in [6.45, 7) is 13.8. The van der Waals surface area contributed by atoms with Gasteiger partial charge in [0.25, 0.3) is 0 Å². The summed E-state index contributed by atoms with van der Waals surface area (Å²) in [4.78, 5) is 0. The maximum atomic E-state index is 6.27. The van der Waals surface area contributed by atoms with E-state index < -0.39 is 0 Å². The molecule has 112 valence electrons. The smallest absolute Gasteiger partial charge is 0.0583 e. The Morgan fingerprint density at radius 1 is 1.21 bits per heavy atom. The molecule has 0 aromatic heterocycles. The molecule has 0 saturated heterocycles. The minimum atomic E-state index is 0.257. The van der Waals surface area contributed by atoms with Gasteiger partial charge in [-0.05, 0) is 43.4 Å². The van der Waals surface area contributed by atoms with Crippen LogP contribution in [-0.4, -0.2) is 25.3 Å². The number of hydrogen-bond donors (Lipinski definition) is 1. The van der Waals surface area contributed by atoms with Crippen LogP contribution < -0.4 is 5.32 Å². The van der Waals surface area contributed by atoms with Crippen molar-refractivity contribution >= 4 is 0 Å². The van der Waals surface area contributed by atoms with Crippen molar-refractivity contribution in [1.29, 1.82) is 0 Å². The van der Waals surface area contributed by atoms with Gasteiger partial charge in [-0.15, -0.1) is 0 Å². The summed E-state index contributed by atoms with van der Waals surface area (Å²) in [5, 5.41) is 3.63. The molecule has 2 aliphatic rings. The van der Waals surface area contributed by atoms with Gasteiger partial charge in [0.05, 0.1) is 12.7 Å². The Labute approximate surface area is 119 Å². The third-order valence-electron chi connectivity index (χ3n) is 4.50. The van der Waals surface area contributed by atoms with E-state index in [1.54, 1.807) is 0 Å². The summed E-state index contributed by atoms with van der Waals surface area (Å²) >= 11 is 0. The molecule has 0 bridgehead atoms. The lowest BCUT2D eigenvalue weighted by molar-refractivity contribution is -0.0512. The molecule has 2 rings (SSSR count). The highest BCUT2D eigenvalue weighted by Gasteiger charge is 2.33. The highest BCUT2D eigenvalue weighted by molar-refractivity contribution is 4.86. The van der Waals surface area contributed by atoms with Gasteiger partial charge in [0.2, 0.25) is 0 Å². The molecule has 2 atom stereocenters. The summed E-state index contributed by atoms with van der Waals surface area (Å²) in [5.74, 6) is 0.807. The lowest BCUT2D eigenvalue weighted by Crippen LogP contribution is -2.38. The first-order valence-corrected chi connectivity index (χ1v) is 8.11. The lowest BCUT2D eigenvalue weighted by atomic mass is 9.71. The summed E-state index contributed by atoms with van der Waals surface area (Å²) in [6.07, 6.45) is 7.02. The van der Waals surface area contributed by atoms with E-state index in [4.69, 9.17) is 4.74 Å². The summed E-state index contributed by atoms with van der Waals surface area (Å²) in [5.41, 5.74) is 0.714. The van der Waals surface area contributed by atoms with Crippen LogP contribution >= 0.6 is 0 Å². The Kier molecular flexibility index (Phi) is 4.62. The maximum absolute atomic E-state index is 6.27. The zero-order chi connectivity index (χ0) is 14.1. The van der Waals surface area contributed by atoms with E-state index in [2.05, 4.69) is 39.9 Å². The SMILES string of the molecule is CC1CC(OCC(C)(C)CNC2CC2)CC(C)(C)C1. The molecule has 1 N–H and O–H groups in total. The van der Waals surface area contributed by atoms with Crippen LogP contribution in [0.2, 0.25) is 0 Å². The van der Waals surface area contributed by atoms with Gasteiger partial charge >= 0.3 is 0 Å². The molecule has 2 fully saturated rings. The van der Waals surface area contributed by atoms with E-state index >= 15 is 0 Å². The van der Waals surface area contributed by atoms with Crippen molar-refractivity contribution in [3.63, 3.8) is 0 Å². The Hall–Kier alpha value is -0.0800. The van der Waals surface area contributed by atoms with Crippen molar-refractivity contribution in [1.82, 2.24) is 5.32 Å². The van der Waals surface area contributed by atoms with Gasteiger partial charge in [0, 0.05) is 18.0 Å². The van der Waals surface area contributed by atoms with Gasteiger partial charge in [0.15, 0.2) is 0 Å². The fourth-order valence-corrected chi connectivity index (χ4v) is 3.49. The molecule has 0 heterocycles. The lowest BCUT2D eigenvalue weighted by Gasteiger charge is -2.40. The molecule has 2 nitrogen and oxygen atoms in total. The molecule has 0 aromatic rings. The molecule has 19 heavy (non-hydrogen) atoms. The molecule has 2 saturated carbocycles. The molecule has 2 aliphatic carbocycles. The monoisotopic (exact) mass is 267 g/mol. The number of nitrogens with one attached hydrogen (secondary N) is 1. The third-order valence-corrected chi connectivity index (χ3v) is 4.50. The van der Waals surface area contributed by atoms with Crippen molar-refractivity contribution in [3.8, 4) is 0 Å². The first-order valence-electron chi connectivity index (χ1n) is 8.11. The highest BCUT2D eigenvalue weighted by Crippen LogP contribution is 2.40. The average Bonchev–Trinajstić information content (AvgIpc) is 3.05. The topological polar surface area (TPSA) is 21.3 Å². The van der Waals surface area contributed by atoms with Crippen LogP contribution in [0.25, 0.3) is 0 Å². The van der Waals surface area contributed by atoms with E-state index in [9.17, 15) is 0 Å². The Bertz CT molecular complexity index is 294. The van der Waals surface area contributed by atoms with E-state index in [0.29, 0.717) is 11.5 Å². The summed E-state index contributed by atoms with van der Waals surface area (Å²) < 4.78 is 6.27. The number of ether oxygens (including phenoxy) is 1. The Morgan fingerprint density at radius 3 is 2.47 bits per heavy atom. The Balaban J connectivity index is 1.73. The largest absolute Gasteiger partial charge is 0.378 e. The molecule has 0 aromatic carbocycles. The van der Waals surface area contributed by atoms with Gasteiger partial charge in [-0.1, -0.05) is 34.6 Å².